The van der Waals surface area contributed by atoms with Gasteiger partial charge in [-0.25, -0.2) is 4.79 Å². The molecule has 2 fully saturated rings. The second-order valence-corrected chi connectivity index (χ2v) is 4.34. The molecule has 2 aliphatic rings. The van der Waals surface area contributed by atoms with Crippen molar-refractivity contribution in [3.05, 3.63) is 0 Å². The molecule has 90 valence electrons. The Balaban J connectivity index is 1.95. The summed E-state index contributed by atoms with van der Waals surface area (Å²) in [7, 11) is 0. The van der Waals surface area contributed by atoms with Crippen molar-refractivity contribution in [3.8, 4) is 0 Å². The summed E-state index contributed by atoms with van der Waals surface area (Å²) >= 11 is 0. The number of ether oxygens (including phenoxy) is 1. The molecule has 6 heteroatoms. The molecule has 1 spiro atoms. The van der Waals surface area contributed by atoms with Crippen LogP contribution < -0.4 is 5.32 Å². The summed E-state index contributed by atoms with van der Waals surface area (Å²) in [4.78, 5) is 23.3. The van der Waals surface area contributed by atoms with Gasteiger partial charge in [-0.15, -0.1) is 0 Å². The molecular weight excluding hydrogens is 212 g/mol. The second-order valence-electron chi connectivity index (χ2n) is 4.34. The van der Waals surface area contributed by atoms with Gasteiger partial charge in [-0.1, -0.05) is 0 Å². The topological polar surface area (TPSA) is 78.9 Å². The van der Waals surface area contributed by atoms with Crippen LogP contribution in [0.15, 0.2) is 0 Å². The lowest BCUT2D eigenvalue weighted by Gasteiger charge is -2.39. The fourth-order valence-corrected chi connectivity index (χ4v) is 2.27. The van der Waals surface area contributed by atoms with Crippen LogP contribution in [-0.4, -0.2) is 53.8 Å². The number of nitrogens with one attached hydrogen (secondary N) is 1. The van der Waals surface area contributed by atoms with Crippen molar-refractivity contribution in [2.45, 2.75) is 24.9 Å². The van der Waals surface area contributed by atoms with Gasteiger partial charge in [0.2, 0.25) is 5.91 Å². The zero-order valence-corrected chi connectivity index (χ0v) is 9.07. The van der Waals surface area contributed by atoms with Gasteiger partial charge in [0, 0.05) is 19.6 Å². The molecule has 2 N–H and O–H groups in total. The van der Waals surface area contributed by atoms with Crippen LogP contribution in [0, 0.1) is 0 Å². The smallest absolute Gasteiger partial charge is 0.407 e. The first-order valence-electron chi connectivity index (χ1n) is 5.50. The van der Waals surface area contributed by atoms with E-state index in [4.69, 9.17) is 9.84 Å². The normalized spacial score (nSPS) is 25.0. The molecule has 0 aromatic carbocycles. The van der Waals surface area contributed by atoms with Crippen molar-refractivity contribution in [1.82, 2.24) is 10.2 Å². The number of amides is 2. The maximum Gasteiger partial charge on any atom is 0.407 e. The summed E-state index contributed by atoms with van der Waals surface area (Å²) in [6.45, 7) is 1.69. The van der Waals surface area contributed by atoms with Crippen molar-refractivity contribution in [3.63, 3.8) is 0 Å². The number of carbonyl (C=O) groups is 2. The zero-order chi connectivity index (χ0) is 11.6. The standard InChI is InChI=1S/C10H16N2O4/c13-8-7-16-10(1-4-11-8)2-5-12(6-3-10)9(14)15/h1-7H2,(H,11,13)(H,14,15). The third-order valence-corrected chi connectivity index (χ3v) is 3.36. The van der Waals surface area contributed by atoms with E-state index >= 15 is 0 Å². The first-order chi connectivity index (χ1) is 7.61. The molecule has 0 unspecified atom stereocenters. The Labute approximate surface area is 93.6 Å². The lowest BCUT2D eigenvalue weighted by atomic mass is 9.88. The van der Waals surface area contributed by atoms with Crippen LogP contribution in [-0.2, 0) is 9.53 Å². The molecule has 0 aliphatic carbocycles. The fraction of sp³-hybridized carbons (Fsp3) is 0.800. The average Bonchev–Trinajstić information content (AvgIpc) is 2.43. The van der Waals surface area contributed by atoms with Crippen LogP contribution in [0.1, 0.15) is 19.3 Å². The highest BCUT2D eigenvalue weighted by Gasteiger charge is 2.38. The minimum atomic E-state index is -0.877. The summed E-state index contributed by atoms with van der Waals surface area (Å²) in [5, 5.41) is 11.6. The highest BCUT2D eigenvalue weighted by atomic mass is 16.5. The van der Waals surface area contributed by atoms with E-state index in [9.17, 15) is 9.59 Å². The molecule has 2 aliphatic heterocycles. The summed E-state index contributed by atoms with van der Waals surface area (Å²) in [6, 6.07) is 0. The summed E-state index contributed by atoms with van der Waals surface area (Å²) in [5.41, 5.74) is -0.300. The molecule has 0 radical (unpaired) electrons. The van der Waals surface area contributed by atoms with Gasteiger partial charge in [-0.2, -0.15) is 0 Å². The van der Waals surface area contributed by atoms with Crippen LogP contribution in [0.4, 0.5) is 4.79 Å². The largest absolute Gasteiger partial charge is 0.465 e. The van der Waals surface area contributed by atoms with Gasteiger partial charge in [0.05, 0.1) is 5.60 Å². The van der Waals surface area contributed by atoms with Crippen LogP contribution in [0.3, 0.4) is 0 Å². The fourth-order valence-electron chi connectivity index (χ4n) is 2.27. The number of hydrogen-bond acceptors (Lipinski definition) is 3. The quantitative estimate of drug-likeness (QED) is 0.613. The second kappa shape index (κ2) is 4.29. The minimum absolute atomic E-state index is 0.0856. The molecule has 2 amide bonds. The maximum atomic E-state index is 11.1. The van der Waals surface area contributed by atoms with E-state index in [1.807, 2.05) is 0 Å². The molecule has 2 rings (SSSR count). The molecule has 0 aromatic rings. The Morgan fingerprint density at radius 1 is 1.38 bits per heavy atom. The Hall–Kier alpha value is -1.30. The van der Waals surface area contributed by atoms with E-state index in [-0.39, 0.29) is 18.1 Å². The predicted octanol–water partition coefficient (Wildman–Crippen LogP) is 0.0355. The Morgan fingerprint density at radius 2 is 2.06 bits per heavy atom. The lowest BCUT2D eigenvalue weighted by molar-refractivity contribution is -0.132. The Kier molecular flexibility index (Phi) is 3.00. The number of likely N-dealkylation sites (tertiary alicyclic amines) is 1. The summed E-state index contributed by atoms with van der Waals surface area (Å²) in [5.74, 6) is -0.0856. The first kappa shape index (κ1) is 11.2. The highest BCUT2D eigenvalue weighted by Crippen LogP contribution is 2.30. The van der Waals surface area contributed by atoms with Crippen LogP contribution in [0.2, 0.25) is 0 Å². The van der Waals surface area contributed by atoms with E-state index in [1.54, 1.807) is 0 Å². The SMILES string of the molecule is O=C1COC2(CCN1)CCN(C(=O)O)CC2. The van der Waals surface area contributed by atoms with E-state index in [0.29, 0.717) is 32.5 Å². The molecule has 0 aromatic heterocycles. The van der Waals surface area contributed by atoms with Gasteiger partial charge in [0.15, 0.2) is 0 Å². The number of hydrogen-bond donors (Lipinski definition) is 2. The van der Waals surface area contributed by atoms with Gasteiger partial charge in [-0.3, -0.25) is 4.79 Å². The summed E-state index contributed by atoms with van der Waals surface area (Å²) in [6.07, 6.45) is 1.24. The first-order valence-corrected chi connectivity index (χ1v) is 5.50. The van der Waals surface area contributed by atoms with E-state index in [2.05, 4.69) is 5.32 Å². The molecule has 0 bridgehead atoms. The molecule has 0 atom stereocenters. The lowest BCUT2D eigenvalue weighted by Crippen LogP contribution is -2.48. The number of piperidine rings is 1. The van der Waals surface area contributed by atoms with Crippen molar-refractivity contribution in [1.29, 1.82) is 0 Å². The molecule has 2 saturated heterocycles. The van der Waals surface area contributed by atoms with Gasteiger partial charge in [-0.05, 0) is 19.3 Å². The van der Waals surface area contributed by atoms with Crippen molar-refractivity contribution < 1.29 is 19.4 Å². The average molecular weight is 228 g/mol. The van der Waals surface area contributed by atoms with Crippen LogP contribution in [0.5, 0.6) is 0 Å². The molecular formula is C10H16N2O4. The molecule has 0 saturated carbocycles. The third-order valence-electron chi connectivity index (χ3n) is 3.36. The van der Waals surface area contributed by atoms with E-state index in [1.165, 1.54) is 4.90 Å². The number of carboxylic acid groups (broad SMARTS) is 1. The van der Waals surface area contributed by atoms with E-state index in [0.717, 1.165) is 6.42 Å². The van der Waals surface area contributed by atoms with Crippen molar-refractivity contribution in [2.75, 3.05) is 26.2 Å². The predicted molar refractivity (Wildman–Crippen MR) is 55.1 cm³/mol. The van der Waals surface area contributed by atoms with Crippen molar-refractivity contribution in [2.24, 2.45) is 0 Å². The maximum absolute atomic E-state index is 11.1. The monoisotopic (exact) mass is 228 g/mol. The third kappa shape index (κ3) is 2.27. The van der Waals surface area contributed by atoms with Gasteiger partial charge >= 0.3 is 6.09 Å². The van der Waals surface area contributed by atoms with Gasteiger partial charge < -0.3 is 20.1 Å². The Bertz CT molecular complexity index is 297. The van der Waals surface area contributed by atoms with Crippen molar-refractivity contribution >= 4 is 12.0 Å². The van der Waals surface area contributed by atoms with Gasteiger partial charge in [0.1, 0.15) is 6.61 Å². The molecule has 16 heavy (non-hydrogen) atoms. The summed E-state index contributed by atoms with van der Waals surface area (Å²) < 4.78 is 5.64. The molecule has 2 heterocycles. The zero-order valence-electron chi connectivity index (χ0n) is 9.07. The van der Waals surface area contributed by atoms with E-state index < -0.39 is 6.09 Å². The minimum Gasteiger partial charge on any atom is -0.465 e. The number of nitrogens with zero attached hydrogens (tertiary/aromatic N) is 1. The Morgan fingerprint density at radius 3 is 2.69 bits per heavy atom. The number of carbonyl (C=O) groups excluding carboxylic acids is 1. The molecule has 6 nitrogen and oxygen atoms in total. The van der Waals surface area contributed by atoms with Crippen LogP contribution >= 0.6 is 0 Å². The van der Waals surface area contributed by atoms with Gasteiger partial charge in [0.25, 0.3) is 0 Å². The number of rotatable bonds is 0. The highest BCUT2D eigenvalue weighted by molar-refractivity contribution is 5.77. The van der Waals surface area contributed by atoms with Crippen LogP contribution in [0.25, 0.3) is 0 Å².